The van der Waals surface area contributed by atoms with E-state index in [1.165, 1.54) is 6.07 Å². The molecule has 2 aromatic rings. The van der Waals surface area contributed by atoms with Crippen LogP contribution in [0.4, 0.5) is 4.39 Å². The van der Waals surface area contributed by atoms with Crippen LogP contribution in [0.3, 0.4) is 0 Å². The standard InChI is InChI=1S/C14H17FN2O/c1-3-4-8-16-14(18)12-9(2)17-13-10(12)6-5-7-11(13)15/h5-7,17H,3-4,8H2,1-2H3,(H,16,18). The van der Waals surface area contributed by atoms with Crippen molar-refractivity contribution in [3.05, 3.63) is 35.3 Å². The minimum absolute atomic E-state index is 0.141. The van der Waals surface area contributed by atoms with E-state index in [1.807, 2.05) is 0 Å². The number of unbranched alkanes of at least 4 members (excludes halogenated alkanes) is 1. The van der Waals surface area contributed by atoms with E-state index >= 15 is 0 Å². The Morgan fingerprint density at radius 3 is 2.94 bits per heavy atom. The van der Waals surface area contributed by atoms with Crippen LogP contribution >= 0.6 is 0 Å². The lowest BCUT2D eigenvalue weighted by molar-refractivity contribution is 0.0954. The summed E-state index contributed by atoms with van der Waals surface area (Å²) in [4.78, 5) is 15.0. The van der Waals surface area contributed by atoms with Gasteiger partial charge >= 0.3 is 0 Å². The van der Waals surface area contributed by atoms with Gasteiger partial charge in [0.25, 0.3) is 5.91 Å². The molecule has 0 aliphatic carbocycles. The fraction of sp³-hybridized carbons (Fsp3) is 0.357. The number of nitrogens with one attached hydrogen (secondary N) is 2. The molecule has 0 radical (unpaired) electrons. The van der Waals surface area contributed by atoms with Crippen LogP contribution < -0.4 is 5.32 Å². The number of hydrogen-bond acceptors (Lipinski definition) is 1. The molecule has 0 atom stereocenters. The smallest absolute Gasteiger partial charge is 0.253 e. The van der Waals surface area contributed by atoms with Crippen molar-refractivity contribution in [2.45, 2.75) is 26.7 Å². The molecule has 1 aromatic carbocycles. The topological polar surface area (TPSA) is 44.9 Å². The minimum Gasteiger partial charge on any atom is -0.356 e. The van der Waals surface area contributed by atoms with Crippen molar-refractivity contribution >= 4 is 16.8 Å². The first kappa shape index (κ1) is 12.6. The van der Waals surface area contributed by atoms with E-state index in [0.29, 0.717) is 28.7 Å². The van der Waals surface area contributed by atoms with Crippen LogP contribution in [0.15, 0.2) is 18.2 Å². The van der Waals surface area contributed by atoms with E-state index in [9.17, 15) is 9.18 Å². The zero-order valence-corrected chi connectivity index (χ0v) is 10.6. The summed E-state index contributed by atoms with van der Waals surface area (Å²) >= 11 is 0. The summed E-state index contributed by atoms with van der Waals surface area (Å²) in [7, 11) is 0. The molecule has 2 rings (SSSR count). The quantitative estimate of drug-likeness (QED) is 0.802. The van der Waals surface area contributed by atoms with Gasteiger partial charge in [-0.25, -0.2) is 4.39 Å². The molecule has 18 heavy (non-hydrogen) atoms. The third kappa shape index (κ3) is 2.23. The molecule has 0 unspecified atom stereocenters. The minimum atomic E-state index is -0.330. The molecule has 1 amide bonds. The van der Waals surface area contributed by atoms with Crippen LogP contribution in [0.1, 0.15) is 35.8 Å². The highest BCUT2D eigenvalue weighted by Crippen LogP contribution is 2.24. The number of amides is 1. The molecule has 0 saturated carbocycles. The molecule has 0 aliphatic rings. The summed E-state index contributed by atoms with van der Waals surface area (Å²) in [5.74, 6) is -0.471. The molecule has 0 saturated heterocycles. The fourth-order valence-corrected chi connectivity index (χ4v) is 2.07. The highest BCUT2D eigenvalue weighted by atomic mass is 19.1. The average molecular weight is 248 g/mol. The van der Waals surface area contributed by atoms with Gasteiger partial charge in [-0.05, 0) is 19.4 Å². The zero-order valence-electron chi connectivity index (χ0n) is 10.6. The molecule has 2 N–H and O–H groups in total. The largest absolute Gasteiger partial charge is 0.356 e. The summed E-state index contributed by atoms with van der Waals surface area (Å²) in [5, 5.41) is 3.50. The number of rotatable bonds is 4. The third-order valence-electron chi connectivity index (χ3n) is 3.01. The third-order valence-corrected chi connectivity index (χ3v) is 3.01. The van der Waals surface area contributed by atoms with Crippen molar-refractivity contribution < 1.29 is 9.18 Å². The predicted octanol–water partition coefficient (Wildman–Crippen LogP) is 3.15. The van der Waals surface area contributed by atoms with E-state index in [0.717, 1.165) is 12.8 Å². The summed E-state index contributed by atoms with van der Waals surface area (Å²) in [6, 6.07) is 4.77. The lowest BCUT2D eigenvalue weighted by atomic mass is 10.1. The van der Waals surface area contributed by atoms with Gasteiger partial charge < -0.3 is 10.3 Å². The first-order valence-electron chi connectivity index (χ1n) is 6.20. The van der Waals surface area contributed by atoms with E-state index in [2.05, 4.69) is 17.2 Å². The highest BCUT2D eigenvalue weighted by molar-refractivity contribution is 6.08. The van der Waals surface area contributed by atoms with Gasteiger partial charge in [-0.2, -0.15) is 0 Å². The number of carbonyl (C=O) groups excluding carboxylic acids is 1. The normalized spacial score (nSPS) is 10.8. The van der Waals surface area contributed by atoms with Crippen molar-refractivity contribution in [3.8, 4) is 0 Å². The first-order chi connectivity index (χ1) is 8.65. The van der Waals surface area contributed by atoms with Gasteiger partial charge in [0.15, 0.2) is 0 Å². The molecule has 0 aliphatic heterocycles. The van der Waals surface area contributed by atoms with Gasteiger partial charge in [-0.15, -0.1) is 0 Å². The molecule has 0 fully saturated rings. The predicted molar refractivity (Wildman–Crippen MR) is 70.2 cm³/mol. The van der Waals surface area contributed by atoms with Crippen LogP contribution in [-0.2, 0) is 0 Å². The lowest BCUT2D eigenvalue weighted by Crippen LogP contribution is -2.24. The Morgan fingerprint density at radius 2 is 2.22 bits per heavy atom. The average Bonchev–Trinajstić information content (AvgIpc) is 2.67. The molecule has 0 spiro atoms. The number of benzene rings is 1. The Morgan fingerprint density at radius 1 is 1.44 bits per heavy atom. The summed E-state index contributed by atoms with van der Waals surface area (Å²) in [5.41, 5.74) is 1.64. The Kier molecular flexibility index (Phi) is 3.65. The second kappa shape index (κ2) is 5.21. The van der Waals surface area contributed by atoms with Crippen LogP contribution in [-0.4, -0.2) is 17.4 Å². The number of hydrogen-bond donors (Lipinski definition) is 2. The number of para-hydroxylation sites is 1. The van der Waals surface area contributed by atoms with Gasteiger partial charge in [-0.1, -0.05) is 25.5 Å². The summed E-state index contributed by atoms with van der Waals surface area (Å²) in [6.07, 6.45) is 1.98. The van der Waals surface area contributed by atoms with Crippen LogP contribution in [0.2, 0.25) is 0 Å². The maximum atomic E-state index is 13.6. The Hall–Kier alpha value is -1.84. The highest BCUT2D eigenvalue weighted by Gasteiger charge is 2.17. The molecular weight excluding hydrogens is 231 g/mol. The number of carbonyl (C=O) groups is 1. The fourth-order valence-electron chi connectivity index (χ4n) is 2.07. The van der Waals surface area contributed by atoms with Gasteiger partial charge in [0.05, 0.1) is 11.1 Å². The Balaban J connectivity index is 2.35. The number of aromatic nitrogens is 1. The second-order valence-corrected chi connectivity index (χ2v) is 4.40. The summed E-state index contributed by atoms with van der Waals surface area (Å²) < 4.78 is 13.6. The molecule has 3 nitrogen and oxygen atoms in total. The molecule has 96 valence electrons. The second-order valence-electron chi connectivity index (χ2n) is 4.40. The van der Waals surface area contributed by atoms with Crippen molar-refractivity contribution in [2.75, 3.05) is 6.54 Å². The van der Waals surface area contributed by atoms with Gasteiger partial charge in [0, 0.05) is 17.6 Å². The number of aryl methyl sites for hydroxylation is 1. The maximum Gasteiger partial charge on any atom is 0.253 e. The summed E-state index contributed by atoms with van der Waals surface area (Å²) in [6.45, 7) is 4.50. The van der Waals surface area contributed by atoms with E-state index < -0.39 is 0 Å². The Bertz CT molecular complexity index is 574. The molecule has 0 bridgehead atoms. The van der Waals surface area contributed by atoms with Crippen molar-refractivity contribution in [1.82, 2.24) is 10.3 Å². The molecule has 1 aromatic heterocycles. The molecular formula is C14H17FN2O. The lowest BCUT2D eigenvalue weighted by Gasteiger charge is -2.04. The van der Waals surface area contributed by atoms with Crippen molar-refractivity contribution in [1.29, 1.82) is 0 Å². The molecule has 4 heteroatoms. The number of H-pyrrole nitrogens is 1. The van der Waals surface area contributed by atoms with Gasteiger partial charge in [0.2, 0.25) is 0 Å². The van der Waals surface area contributed by atoms with Gasteiger partial charge in [-0.3, -0.25) is 4.79 Å². The van der Waals surface area contributed by atoms with Crippen LogP contribution in [0.5, 0.6) is 0 Å². The van der Waals surface area contributed by atoms with E-state index in [4.69, 9.17) is 0 Å². The van der Waals surface area contributed by atoms with Gasteiger partial charge in [0.1, 0.15) is 5.82 Å². The van der Waals surface area contributed by atoms with Crippen molar-refractivity contribution in [2.24, 2.45) is 0 Å². The monoisotopic (exact) mass is 248 g/mol. The Labute approximate surface area is 105 Å². The molecule has 1 heterocycles. The first-order valence-corrected chi connectivity index (χ1v) is 6.20. The maximum absolute atomic E-state index is 13.6. The van der Waals surface area contributed by atoms with Crippen molar-refractivity contribution in [3.63, 3.8) is 0 Å². The number of aromatic amines is 1. The van der Waals surface area contributed by atoms with Crippen LogP contribution in [0, 0.1) is 12.7 Å². The SMILES string of the molecule is CCCCNC(=O)c1c(C)[nH]c2c(F)cccc12. The zero-order chi connectivity index (χ0) is 13.1. The van der Waals surface area contributed by atoms with E-state index in [-0.39, 0.29) is 11.7 Å². The van der Waals surface area contributed by atoms with E-state index in [1.54, 1.807) is 19.1 Å². The number of halogens is 1. The van der Waals surface area contributed by atoms with Crippen LogP contribution in [0.25, 0.3) is 10.9 Å². The number of fused-ring (bicyclic) bond motifs is 1.